The van der Waals surface area contributed by atoms with Gasteiger partial charge in [0.15, 0.2) is 0 Å². The number of fused-ring (bicyclic) bond motifs is 1. The van der Waals surface area contributed by atoms with Gasteiger partial charge in [-0.2, -0.15) is 21.6 Å². The third-order valence-electron chi connectivity index (χ3n) is 10.4. The first-order chi connectivity index (χ1) is 25.3. The summed E-state index contributed by atoms with van der Waals surface area (Å²) in [6, 6.07) is 2.94. The van der Waals surface area contributed by atoms with Crippen LogP contribution in [-0.4, -0.2) is 96.8 Å². The van der Waals surface area contributed by atoms with Crippen LogP contribution in [0.5, 0.6) is 11.6 Å². The standard InChI is InChI=1S/C36H49F3N6O9S/c1-9-21-18-35(21,30(48)44-55(50,51)54-34(7)13-14-34)42-27(46)25-17-23(53-28-24-11-10-22(52-8)16-20(24)12-15-40-28)19-45(25)29(47)26(32(2,3)4)41-31(49)43-33(5,6)36(37,38)39/h10-12,15-16,21,23,25-26H,9,13-14,17-19H2,1-8H3,(H,42,46)(H,44,48)(H2,41,43,49)/t21-,23-,25+,26-,35-/m1/s1. The van der Waals surface area contributed by atoms with E-state index in [4.69, 9.17) is 13.7 Å². The number of nitrogens with one attached hydrogen (secondary N) is 4. The highest BCUT2D eigenvalue weighted by Crippen LogP contribution is 2.47. The predicted molar refractivity (Wildman–Crippen MR) is 193 cm³/mol. The minimum absolute atomic E-state index is 0.110. The van der Waals surface area contributed by atoms with Crippen molar-refractivity contribution in [3.05, 3.63) is 30.5 Å². The molecular weight excluding hydrogens is 749 g/mol. The minimum atomic E-state index is -4.81. The Balaban J connectivity index is 1.44. The molecule has 19 heteroatoms. The molecule has 0 spiro atoms. The molecule has 55 heavy (non-hydrogen) atoms. The Morgan fingerprint density at radius 1 is 1.07 bits per heavy atom. The lowest BCUT2D eigenvalue weighted by Gasteiger charge is -2.37. The molecule has 1 aliphatic heterocycles. The summed E-state index contributed by atoms with van der Waals surface area (Å²) in [5.74, 6) is -2.26. The summed E-state index contributed by atoms with van der Waals surface area (Å²) in [5, 5.41) is 8.31. The number of pyridine rings is 1. The summed E-state index contributed by atoms with van der Waals surface area (Å²) in [4.78, 5) is 60.8. The summed E-state index contributed by atoms with van der Waals surface area (Å²) < 4.78 is 85.1. The smallest absolute Gasteiger partial charge is 0.411 e. The number of ether oxygens (including phenoxy) is 2. The Labute approximate surface area is 318 Å². The minimum Gasteiger partial charge on any atom is -0.497 e. The summed E-state index contributed by atoms with van der Waals surface area (Å²) in [6.07, 6.45) is -2.78. The second-order valence-corrected chi connectivity index (χ2v) is 17.7. The Bertz CT molecular complexity index is 1950. The number of alkyl halides is 3. The van der Waals surface area contributed by atoms with E-state index in [1.807, 2.05) is 10.0 Å². The van der Waals surface area contributed by atoms with Gasteiger partial charge in [0.1, 0.15) is 35.0 Å². The number of carbonyl (C=O) groups excluding carboxylic acids is 4. The maximum Gasteiger partial charge on any atom is 0.411 e. The Hall–Kier alpha value is -4.39. The zero-order chi connectivity index (χ0) is 40.9. The summed E-state index contributed by atoms with van der Waals surface area (Å²) in [6.45, 7) is 9.49. The SMILES string of the molecule is CC[C@@H]1C[C@]1(NC(=O)[C@@H]1C[C@@H](Oc2nccc3cc(OC)ccc23)CN1C(=O)[C@@H](NC(=O)NC(C)(C)C(F)(F)F)C(C)(C)C)C(=O)NS(=O)(=O)OC1(C)CC1. The van der Waals surface area contributed by atoms with Gasteiger partial charge in [-0.25, -0.2) is 18.7 Å². The molecule has 304 valence electrons. The zero-order valence-corrected chi connectivity index (χ0v) is 32.9. The third-order valence-corrected chi connectivity index (χ3v) is 11.5. The van der Waals surface area contributed by atoms with Crippen molar-refractivity contribution in [1.29, 1.82) is 0 Å². The lowest BCUT2D eigenvalue weighted by molar-refractivity contribution is -0.182. The molecule has 1 saturated heterocycles. The fourth-order valence-corrected chi connectivity index (χ4v) is 7.73. The van der Waals surface area contributed by atoms with Gasteiger partial charge in [0, 0.05) is 18.0 Å². The molecule has 5 atom stereocenters. The number of hydrogen-bond acceptors (Lipinski definition) is 10. The molecule has 3 fully saturated rings. The van der Waals surface area contributed by atoms with Crippen LogP contribution in [-0.2, 0) is 28.9 Å². The van der Waals surface area contributed by atoms with Crippen molar-refractivity contribution in [2.24, 2.45) is 11.3 Å². The highest BCUT2D eigenvalue weighted by molar-refractivity contribution is 7.85. The first kappa shape index (κ1) is 41.8. The number of rotatable bonds is 13. The van der Waals surface area contributed by atoms with Crippen LogP contribution in [0, 0.1) is 11.3 Å². The van der Waals surface area contributed by atoms with E-state index in [1.165, 1.54) is 13.3 Å². The normalized spacial score (nSPS) is 24.1. The van der Waals surface area contributed by atoms with Crippen LogP contribution in [0.4, 0.5) is 18.0 Å². The molecule has 0 radical (unpaired) electrons. The number of carbonyl (C=O) groups is 4. The van der Waals surface area contributed by atoms with Crippen LogP contribution in [0.3, 0.4) is 0 Å². The second-order valence-electron chi connectivity index (χ2n) is 16.4. The van der Waals surface area contributed by atoms with Gasteiger partial charge in [-0.05, 0) is 81.0 Å². The first-order valence-electron chi connectivity index (χ1n) is 18.0. The fraction of sp³-hybridized carbons (Fsp3) is 0.639. The van der Waals surface area contributed by atoms with Crippen molar-refractivity contribution in [3.8, 4) is 11.6 Å². The lowest BCUT2D eigenvalue weighted by atomic mass is 9.85. The molecule has 1 aromatic heterocycles. The van der Waals surface area contributed by atoms with Crippen molar-refractivity contribution < 1.29 is 54.4 Å². The van der Waals surface area contributed by atoms with Gasteiger partial charge in [-0.1, -0.05) is 34.1 Å². The Morgan fingerprint density at radius 3 is 2.31 bits per heavy atom. The van der Waals surface area contributed by atoms with Crippen LogP contribution >= 0.6 is 0 Å². The van der Waals surface area contributed by atoms with Crippen molar-refractivity contribution in [2.75, 3.05) is 13.7 Å². The van der Waals surface area contributed by atoms with Gasteiger partial charge in [-0.15, -0.1) is 0 Å². The molecule has 2 aliphatic carbocycles. The van der Waals surface area contributed by atoms with E-state index in [0.29, 0.717) is 30.4 Å². The van der Waals surface area contributed by atoms with Gasteiger partial charge in [-0.3, -0.25) is 14.4 Å². The monoisotopic (exact) mass is 798 g/mol. The molecular formula is C36H49F3N6O9S. The van der Waals surface area contributed by atoms with Crippen molar-refractivity contribution in [1.82, 2.24) is 30.6 Å². The molecule has 4 N–H and O–H groups in total. The molecule has 3 aliphatic rings. The van der Waals surface area contributed by atoms with Gasteiger partial charge < -0.3 is 30.3 Å². The van der Waals surface area contributed by atoms with E-state index in [1.54, 1.807) is 58.9 Å². The number of methoxy groups -OCH3 is 1. The molecule has 15 nitrogen and oxygen atoms in total. The van der Waals surface area contributed by atoms with Crippen molar-refractivity contribution in [2.45, 2.75) is 122 Å². The largest absolute Gasteiger partial charge is 0.497 e. The summed E-state index contributed by atoms with van der Waals surface area (Å²) >= 11 is 0. The Morgan fingerprint density at radius 2 is 1.75 bits per heavy atom. The average molecular weight is 799 g/mol. The molecule has 0 unspecified atom stereocenters. The van der Waals surface area contributed by atoms with E-state index < -0.39 is 86.4 Å². The topological polar surface area (TPSA) is 194 Å². The third kappa shape index (κ3) is 9.19. The number of urea groups is 1. The van der Waals surface area contributed by atoms with E-state index in [9.17, 15) is 40.8 Å². The van der Waals surface area contributed by atoms with Crippen LogP contribution in [0.1, 0.15) is 80.6 Å². The van der Waals surface area contributed by atoms with E-state index >= 15 is 0 Å². The van der Waals surface area contributed by atoms with Gasteiger partial charge in [0.25, 0.3) is 5.91 Å². The molecule has 5 rings (SSSR count). The van der Waals surface area contributed by atoms with E-state index in [0.717, 1.165) is 24.1 Å². The van der Waals surface area contributed by atoms with Crippen LogP contribution < -0.4 is 30.1 Å². The number of halogens is 3. The molecule has 2 saturated carbocycles. The van der Waals surface area contributed by atoms with Gasteiger partial charge in [0.2, 0.25) is 17.7 Å². The van der Waals surface area contributed by atoms with Gasteiger partial charge in [0.05, 0.1) is 19.3 Å². The fourth-order valence-electron chi connectivity index (χ4n) is 6.58. The molecule has 0 bridgehead atoms. The second kappa shape index (κ2) is 14.6. The lowest BCUT2D eigenvalue weighted by Crippen LogP contribution is -2.63. The molecule has 2 aromatic rings. The van der Waals surface area contributed by atoms with Gasteiger partial charge >= 0.3 is 22.5 Å². The number of aromatic nitrogens is 1. The van der Waals surface area contributed by atoms with Crippen LogP contribution in [0.15, 0.2) is 30.5 Å². The molecule has 1 aromatic carbocycles. The quantitative estimate of drug-likeness (QED) is 0.231. The average Bonchev–Trinajstić information content (AvgIpc) is 3.93. The van der Waals surface area contributed by atoms with Crippen LogP contribution in [0.2, 0.25) is 0 Å². The van der Waals surface area contributed by atoms with Crippen molar-refractivity contribution >= 4 is 44.8 Å². The molecule has 2 heterocycles. The summed E-state index contributed by atoms with van der Waals surface area (Å²) in [5.41, 5.74) is -6.28. The highest BCUT2D eigenvalue weighted by Gasteiger charge is 2.62. The first-order valence-corrected chi connectivity index (χ1v) is 19.4. The Kier molecular flexibility index (Phi) is 11.1. The van der Waals surface area contributed by atoms with E-state index in [2.05, 4.69) is 15.6 Å². The number of benzene rings is 1. The van der Waals surface area contributed by atoms with Crippen LogP contribution in [0.25, 0.3) is 10.8 Å². The van der Waals surface area contributed by atoms with E-state index in [-0.39, 0.29) is 25.3 Å². The number of nitrogens with zero attached hydrogens (tertiary/aromatic N) is 2. The highest BCUT2D eigenvalue weighted by atomic mass is 32.2. The summed E-state index contributed by atoms with van der Waals surface area (Å²) in [7, 11) is -3.00. The maximum atomic E-state index is 14.5. The predicted octanol–water partition coefficient (Wildman–Crippen LogP) is 3.86. The molecule has 5 amide bonds. The van der Waals surface area contributed by atoms with Crippen molar-refractivity contribution in [3.63, 3.8) is 0 Å². The maximum absolute atomic E-state index is 14.5. The number of likely N-dealkylation sites (tertiary alicyclic amines) is 1. The zero-order valence-electron chi connectivity index (χ0n) is 32.0. The number of amides is 5. The number of hydrogen-bond donors (Lipinski definition) is 4.